The summed E-state index contributed by atoms with van der Waals surface area (Å²) in [5.41, 5.74) is -0.00981. The molecule has 0 bridgehead atoms. The number of aromatic carboxylic acids is 1. The van der Waals surface area contributed by atoms with Crippen molar-refractivity contribution in [3.63, 3.8) is 0 Å². The predicted molar refractivity (Wildman–Crippen MR) is 71.4 cm³/mol. The molecule has 1 aliphatic heterocycles. The average Bonchev–Trinajstić information content (AvgIpc) is 3.07. The van der Waals surface area contributed by atoms with E-state index >= 15 is 0 Å². The number of carboxylic acids is 1. The van der Waals surface area contributed by atoms with Gasteiger partial charge in [-0.2, -0.15) is 0 Å². The first kappa shape index (κ1) is 12.9. The topological polar surface area (TPSA) is 72.6 Å². The van der Waals surface area contributed by atoms with Crippen LogP contribution in [0.3, 0.4) is 0 Å². The first-order valence-electron chi connectivity index (χ1n) is 6.54. The predicted octanol–water partition coefficient (Wildman–Crippen LogP) is 3.07. The Kier molecular flexibility index (Phi) is 3.06. The summed E-state index contributed by atoms with van der Waals surface area (Å²) in [7, 11) is 0. The van der Waals surface area contributed by atoms with Gasteiger partial charge in [0, 0.05) is 12.2 Å². The Morgan fingerprint density at radius 1 is 1.35 bits per heavy atom. The zero-order valence-corrected chi connectivity index (χ0v) is 11.1. The molecule has 1 atom stereocenters. The molecule has 3 rings (SSSR count). The molecule has 20 heavy (non-hydrogen) atoms. The third-order valence-electron chi connectivity index (χ3n) is 3.55. The zero-order chi connectivity index (χ0) is 14.2. The van der Waals surface area contributed by atoms with Crippen molar-refractivity contribution < 1.29 is 19.1 Å². The Bertz CT molecular complexity index is 627. The van der Waals surface area contributed by atoms with E-state index in [1.54, 1.807) is 0 Å². The minimum atomic E-state index is -1.09. The second-order valence-electron chi connectivity index (χ2n) is 5.05. The SMILES string of the molecule is CC1(c2oc(-c3ccccc3)nc2C(=O)O)CCCO1. The molecule has 1 aliphatic rings. The molecule has 5 heteroatoms. The molecule has 2 aromatic rings. The van der Waals surface area contributed by atoms with Gasteiger partial charge in [0.05, 0.1) is 0 Å². The monoisotopic (exact) mass is 273 g/mol. The van der Waals surface area contributed by atoms with E-state index in [4.69, 9.17) is 9.15 Å². The maximum Gasteiger partial charge on any atom is 0.358 e. The average molecular weight is 273 g/mol. The normalized spacial score (nSPS) is 22.1. The Hall–Kier alpha value is -2.14. The van der Waals surface area contributed by atoms with E-state index in [2.05, 4.69) is 4.98 Å². The molecule has 0 saturated carbocycles. The summed E-state index contributed by atoms with van der Waals surface area (Å²) in [5, 5.41) is 9.32. The van der Waals surface area contributed by atoms with Gasteiger partial charge < -0.3 is 14.3 Å². The highest BCUT2D eigenvalue weighted by Crippen LogP contribution is 2.39. The summed E-state index contributed by atoms with van der Waals surface area (Å²) in [6.45, 7) is 2.46. The number of aromatic nitrogens is 1. The minimum Gasteiger partial charge on any atom is -0.476 e. The fraction of sp³-hybridized carbons (Fsp3) is 0.333. The molecule has 1 fully saturated rings. The van der Waals surface area contributed by atoms with Crippen LogP contribution >= 0.6 is 0 Å². The lowest BCUT2D eigenvalue weighted by molar-refractivity contribution is -0.00187. The first-order chi connectivity index (χ1) is 9.60. The quantitative estimate of drug-likeness (QED) is 0.930. The molecule has 1 N–H and O–H groups in total. The van der Waals surface area contributed by atoms with Crippen molar-refractivity contribution in [3.05, 3.63) is 41.8 Å². The molecule has 1 saturated heterocycles. The highest BCUT2D eigenvalue weighted by atomic mass is 16.5. The van der Waals surface area contributed by atoms with Crippen LogP contribution in [0.4, 0.5) is 0 Å². The molecule has 1 unspecified atom stereocenters. The van der Waals surface area contributed by atoms with Gasteiger partial charge in [-0.25, -0.2) is 9.78 Å². The number of oxazole rings is 1. The molecule has 0 aliphatic carbocycles. The minimum absolute atomic E-state index is 0.0618. The van der Waals surface area contributed by atoms with Crippen LogP contribution in [0.15, 0.2) is 34.7 Å². The van der Waals surface area contributed by atoms with E-state index in [9.17, 15) is 9.90 Å². The third-order valence-corrected chi connectivity index (χ3v) is 3.55. The van der Waals surface area contributed by atoms with Crippen molar-refractivity contribution in [3.8, 4) is 11.5 Å². The van der Waals surface area contributed by atoms with Gasteiger partial charge in [-0.1, -0.05) is 18.2 Å². The highest BCUT2D eigenvalue weighted by molar-refractivity contribution is 5.87. The standard InChI is InChI=1S/C15H15NO4/c1-15(8-5-9-19-15)12-11(14(17)18)16-13(20-12)10-6-3-2-4-7-10/h2-4,6-7H,5,8-9H2,1H3,(H,17,18). The number of benzene rings is 1. The van der Waals surface area contributed by atoms with E-state index in [1.165, 1.54) is 0 Å². The smallest absolute Gasteiger partial charge is 0.358 e. The van der Waals surface area contributed by atoms with Crippen molar-refractivity contribution in [2.75, 3.05) is 6.61 Å². The van der Waals surface area contributed by atoms with E-state index in [-0.39, 0.29) is 5.69 Å². The molecular formula is C15H15NO4. The van der Waals surface area contributed by atoms with Gasteiger partial charge in [-0.05, 0) is 31.9 Å². The van der Waals surface area contributed by atoms with Crippen LogP contribution in [-0.2, 0) is 10.3 Å². The number of rotatable bonds is 3. The summed E-state index contributed by atoms with van der Waals surface area (Å²) in [6, 6.07) is 9.26. The molecule has 0 amide bonds. The summed E-state index contributed by atoms with van der Waals surface area (Å²) in [6.07, 6.45) is 1.62. The summed E-state index contributed by atoms with van der Waals surface area (Å²) >= 11 is 0. The highest BCUT2D eigenvalue weighted by Gasteiger charge is 2.40. The number of hydrogen-bond donors (Lipinski definition) is 1. The largest absolute Gasteiger partial charge is 0.476 e. The molecule has 0 spiro atoms. The maximum absolute atomic E-state index is 11.4. The van der Waals surface area contributed by atoms with Gasteiger partial charge in [0.15, 0.2) is 11.5 Å². The lowest BCUT2D eigenvalue weighted by Gasteiger charge is -2.20. The van der Waals surface area contributed by atoms with Crippen LogP contribution in [0.2, 0.25) is 0 Å². The van der Waals surface area contributed by atoms with Crippen LogP contribution in [0, 0.1) is 0 Å². The van der Waals surface area contributed by atoms with Crippen molar-refractivity contribution in [2.45, 2.75) is 25.4 Å². The number of hydrogen-bond acceptors (Lipinski definition) is 4. The van der Waals surface area contributed by atoms with Crippen molar-refractivity contribution in [1.29, 1.82) is 0 Å². The summed E-state index contributed by atoms with van der Waals surface area (Å²) in [4.78, 5) is 15.5. The van der Waals surface area contributed by atoms with Gasteiger partial charge in [-0.15, -0.1) is 0 Å². The molecule has 5 nitrogen and oxygen atoms in total. The van der Waals surface area contributed by atoms with E-state index in [0.29, 0.717) is 18.3 Å². The van der Waals surface area contributed by atoms with Crippen molar-refractivity contribution >= 4 is 5.97 Å². The summed E-state index contributed by atoms with van der Waals surface area (Å²) in [5.74, 6) is -0.473. The number of carbonyl (C=O) groups is 1. The molecule has 1 aromatic carbocycles. The first-order valence-corrected chi connectivity index (χ1v) is 6.54. The van der Waals surface area contributed by atoms with Gasteiger partial charge in [0.25, 0.3) is 0 Å². The number of nitrogens with zero attached hydrogens (tertiary/aromatic N) is 1. The Morgan fingerprint density at radius 3 is 2.70 bits per heavy atom. The van der Waals surface area contributed by atoms with Crippen LogP contribution in [0.25, 0.3) is 11.5 Å². The molecule has 2 heterocycles. The van der Waals surface area contributed by atoms with Gasteiger partial charge in [-0.3, -0.25) is 0 Å². The van der Waals surface area contributed by atoms with Gasteiger partial charge >= 0.3 is 5.97 Å². The maximum atomic E-state index is 11.4. The lowest BCUT2D eigenvalue weighted by Crippen LogP contribution is -2.22. The van der Waals surface area contributed by atoms with E-state index in [0.717, 1.165) is 18.4 Å². The Morgan fingerprint density at radius 2 is 2.10 bits per heavy atom. The van der Waals surface area contributed by atoms with Crippen molar-refractivity contribution in [2.24, 2.45) is 0 Å². The number of carboxylic acid groups (broad SMARTS) is 1. The summed E-state index contributed by atoms with van der Waals surface area (Å²) < 4.78 is 11.4. The molecule has 1 aromatic heterocycles. The fourth-order valence-corrected chi connectivity index (χ4v) is 2.49. The molecular weight excluding hydrogens is 258 g/mol. The second-order valence-corrected chi connectivity index (χ2v) is 5.05. The van der Waals surface area contributed by atoms with Crippen LogP contribution in [0.5, 0.6) is 0 Å². The van der Waals surface area contributed by atoms with E-state index < -0.39 is 11.6 Å². The Balaban J connectivity index is 2.10. The van der Waals surface area contributed by atoms with Gasteiger partial charge in [0.2, 0.25) is 5.89 Å². The van der Waals surface area contributed by atoms with Crippen LogP contribution in [0.1, 0.15) is 36.0 Å². The number of ether oxygens (including phenoxy) is 1. The second kappa shape index (κ2) is 4.76. The zero-order valence-electron chi connectivity index (χ0n) is 11.1. The Labute approximate surface area is 116 Å². The fourth-order valence-electron chi connectivity index (χ4n) is 2.49. The molecule has 0 radical (unpaired) electrons. The van der Waals surface area contributed by atoms with Crippen LogP contribution in [-0.4, -0.2) is 22.7 Å². The van der Waals surface area contributed by atoms with Gasteiger partial charge in [0.1, 0.15) is 5.60 Å². The van der Waals surface area contributed by atoms with Crippen LogP contribution < -0.4 is 0 Å². The van der Waals surface area contributed by atoms with Crippen molar-refractivity contribution in [1.82, 2.24) is 4.98 Å². The van der Waals surface area contributed by atoms with E-state index in [1.807, 2.05) is 37.3 Å². The third kappa shape index (κ3) is 2.10. The lowest BCUT2D eigenvalue weighted by atomic mass is 9.98. The molecule has 104 valence electrons.